The summed E-state index contributed by atoms with van der Waals surface area (Å²) in [4.78, 5) is 12.5. The Hall–Kier alpha value is -3.62. The molecule has 1 amide bonds. The van der Waals surface area contributed by atoms with Crippen molar-refractivity contribution in [3.8, 4) is 23.0 Å². The van der Waals surface area contributed by atoms with Crippen LogP contribution in [-0.2, 0) is 6.61 Å². The molecular formula is C27H20Br2N2O4. The quantitative estimate of drug-likeness (QED) is 0.169. The predicted octanol–water partition coefficient (Wildman–Crippen LogP) is 7.05. The van der Waals surface area contributed by atoms with Crippen molar-refractivity contribution in [2.45, 2.75) is 6.61 Å². The summed E-state index contributed by atoms with van der Waals surface area (Å²) in [6, 6.07) is 27.4. The highest BCUT2D eigenvalue weighted by Crippen LogP contribution is 2.32. The topological polar surface area (TPSA) is 80.2 Å². The number of nitrogens with one attached hydrogen (secondary N) is 1. The molecule has 0 spiro atoms. The van der Waals surface area contributed by atoms with Crippen LogP contribution in [0.2, 0.25) is 0 Å². The Morgan fingerprint density at radius 2 is 1.51 bits per heavy atom. The van der Waals surface area contributed by atoms with E-state index in [0.29, 0.717) is 43.9 Å². The first-order chi connectivity index (χ1) is 17.0. The molecule has 0 unspecified atom stereocenters. The molecule has 0 aliphatic carbocycles. The lowest BCUT2D eigenvalue weighted by Crippen LogP contribution is -2.17. The Kier molecular flexibility index (Phi) is 8.18. The predicted molar refractivity (Wildman–Crippen MR) is 142 cm³/mol. The van der Waals surface area contributed by atoms with E-state index in [-0.39, 0.29) is 11.7 Å². The summed E-state index contributed by atoms with van der Waals surface area (Å²) < 4.78 is 12.8. The third kappa shape index (κ3) is 6.94. The van der Waals surface area contributed by atoms with Crippen LogP contribution < -0.4 is 14.9 Å². The second-order valence-corrected chi connectivity index (χ2v) is 9.12. The molecule has 2 N–H and O–H groups in total. The SMILES string of the molecule is O=C(N/N=C/c1cc(Br)c(O)c(Br)c1)c1cccc(Oc2cccc(OCc3ccccc3)c2)c1. The molecule has 0 atom stereocenters. The van der Waals surface area contributed by atoms with E-state index >= 15 is 0 Å². The molecule has 4 aromatic rings. The molecule has 0 aromatic heterocycles. The highest BCUT2D eigenvalue weighted by atomic mass is 79.9. The monoisotopic (exact) mass is 594 g/mol. The number of amides is 1. The van der Waals surface area contributed by atoms with Crippen LogP contribution in [0.3, 0.4) is 0 Å². The average molecular weight is 596 g/mol. The van der Waals surface area contributed by atoms with E-state index in [4.69, 9.17) is 9.47 Å². The summed E-state index contributed by atoms with van der Waals surface area (Å²) in [6.07, 6.45) is 1.48. The van der Waals surface area contributed by atoms with Crippen molar-refractivity contribution in [2.75, 3.05) is 0 Å². The maximum atomic E-state index is 12.5. The molecule has 4 rings (SSSR count). The van der Waals surface area contributed by atoms with Gasteiger partial charge in [0.2, 0.25) is 0 Å². The molecule has 4 aromatic carbocycles. The first-order valence-electron chi connectivity index (χ1n) is 10.5. The lowest BCUT2D eigenvalue weighted by atomic mass is 10.2. The average Bonchev–Trinajstić information content (AvgIpc) is 2.87. The molecule has 0 fully saturated rings. The largest absolute Gasteiger partial charge is 0.506 e. The number of nitrogens with zero attached hydrogens (tertiary/aromatic N) is 1. The van der Waals surface area contributed by atoms with Crippen molar-refractivity contribution in [1.29, 1.82) is 0 Å². The molecule has 0 saturated carbocycles. The molecule has 8 heteroatoms. The van der Waals surface area contributed by atoms with E-state index in [1.165, 1.54) is 6.21 Å². The van der Waals surface area contributed by atoms with Gasteiger partial charge in [-0.1, -0.05) is 42.5 Å². The molecule has 176 valence electrons. The summed E-state index contributed by atoms with van der Waals surface area (Å²) in [5.41, 5.74) is 4.65. The molecule has 0 radical (unpaired) electrons. The Labute approximate surface area is 219 Å². The number of hydrogen-bond acceptors (Lipinski definition) is 5. The minimum atomic E-state index is -0.386. The second kappa shape index (κ2) is 11.7. The van der Waals surface area contributed by atoms with Gasteiger partial charge in [-0.3, -0.25) is 4.79 Å². The number of phenolic OH excluding ortho intramolecular Hbond substituents is 1. The third-order valence-electron chi connectivity index (χ3n) is 4.80. The zero-order valence-electron chi connectivity index (χ0n) is 18.3. The van der Waals surface area contributed by atoms with Crippen LogP contribution in [0, 0.1) is 0 Å². The standard InChI is InChI=1S/C27H20Br2N2O4/c28-24-12-19(13-25(29)26(24)32)16-30-31-27(33)20-8-4-10-22(14-20)35-23-11-5-9-21(15-23)34-17-18-6-2-1-3-7-18/h1-16,32H,17H2,(H,31,33)/b30-16+. The number of halogens is 2. The fourth-order valence-electron chi connectivity index (χ4n) is 3.09. The number of phenols is 1. The molecule has 0 aliphatic rings. The maximum absolute atomic E-state index is 12.5. The van der Waals surface area contributed by atoms with Gasteiger partial charge in [-0.2, -0.15) is 5.10 Å². The lowest BCUT2D eigenvalue weighted by molar-refractivity contribution is 0.0955. The van der Waals surface area contributed by atoms with Gasteiger partial charge >= 0.3 is 0 Å². The Bertz CT molecular complexity index is 1340. The molecule has 0 heterocycles. The lowest BCUT2D eigenvalue weighted by Gasteiger charge is -2.10. The van der Waals surface area contributed by atoms with Crippen LogP contribution in [-0.4, -0.2) is 17.2 Å². The first kappa shape index (κ1) is 24.5. The Morgan fingerprint density at radius 3 is 2.26 bits per heavy atom. The second-order valence-electron chi connectivity index (χ2n) is 7.41. The number of carbonyl (C=O) groups excluding carboxylic acids is 1. The van der Waals surface area contributed by atoms with Crippen LogP contribution in [0.15, 0.2) is 105 Å². The zero-order valence-corrected chi connectivity index (χ0v) is 21.5. The van der Waals surface area contributed by atoms with E-state index in [1.807, 2.05) is 48.5 Å². The van der Waals surface area contributed by atoms with Crippen molar-refractivity contribution in [3.05, 3.63) is 117 Å². The van der Waals surface area contributed by atoms with Gasteiger partial charge in [-0.25, -0.2) is 5.43 Å². The van der Waals surface area contributed by atoms with Crippen LogP contribution in [0.1, 0.15) is 21.5 Å². The van der Waals surface area contributed by atoms with Crippen LogP contribution >= 0.6 is 31.9 Å². The minimum absolute atomic E-state index is 0.0938. The van der Waals surface area contributed by atoms with Crippen molar-refractivity contribution < 1.29 is 19.4 Å². The van der Waals surface area contributed by atoms with Gasteiger partial charge in [-0.05, 0) is 85.5 Å². The van der Waals surface area contributed by atoms with Crippen LogP contribution in [0.5, 0.6) is 23.0 Å². The summed E-state index contributed by atoms with van der Waals surface area (Å²) in [5, 5.41) is 13.8. The summed E-state index contributed by atoms with van der Waals surface area (Å²) in [5.74, 6) is 1.49. The van der Waals surface area contributed by atoms with Crippen molar-refractivity contribution in [1.82, 2.24) is 5.43 Å². The van der Waals surface area contributed by atoms with E-state index in [0.717, 1.165) is 5.56 Å². The molecule has 0 saturated heterocycles. The van der Waals surface area contributed by atoms with Gasteiger partial charge in [0.25, 0.3) is 5.91 Å². The van der Waals surface area contributed by atoms with Gasteiger partial charge in [0.1, 0.15) is 29.6 Å². The summed E-state index contributed by atoms with van der Waals surface area (Å²) >= 11 is 6.52. The third-order valence-corrected chi connectivity index (χ3v) is 6.01. The minimum Gasteiger partial charge on any atom is -0.506 e. The fourth-order valence-corrected chi connectivity index (χ4v) is 4.32. The van der Waals surface area contributed by atoms with Gasteiger partial charge in [0, 0.05) is 11.6 Å². The molecule has 35 heavy (non-hydrogen) atoms. The molecular weight excluding hydrogens is 576 g/mol. The van der Waals surface area contributed by atoms with Gasteiger partial charge in [0.15, 0.2) is 0 Å². The maximum Gasteiger partial charge on any atom is 0.271 e. The van der Waals surface area contributed by atoms with E-state index in [9.17, 15) is 9.90 Å². The van der Waals surface area contributed by atoms with Gasteiger partial charge in [0.05, 0.1) is 15.2 Å². The van der Waals surface area contributed by atoms with E-state index in [1.54, 1.807) is 42.5 Å². The fraction of sp³-hybridized carbons (Fsp3) is 0.0370. The number of benzene rings is 4. The number of aromatic hydroxyl groups is 1. The van der Waals surface area contributed by atoms with Crippen molar-refractivity contribution >= 4 is 44.0 Å². The van der Waals surface area contributed by atoms with Crippen molar-refractivity contribution in [3.63, 3.8) is 0 Å². The molecule has 0 aliphatic heterocycles. The highest BCUT2D eigenvalue weighted by molar-refractivity contribution is 9.11. The molecule has 0 bridgehead atoms. The zero-order chi connectivity index (χ0) is 24.6. The number of hydrazone groups is 1. The van der Waals surface area contributed by atoms with E-state index < -0.39 is 0 Å². The number of carbonyl (C=O) groups is 1. The first-order valence-corrected chi connectivity index (χ1v) is 12.1. The van der Waals surface area contributed by atoms with Crippen molar-refractivity contribution in [2.24, 2.45) is 5.10 Å². The van der Waals surface area contributed by atoms with E-state index in [2.05, 4.69) is 42.4 Å². The normalized spacial score (nSPS) is 10.8. The molecule has 6 nitrogen and oxygen atoms in total. The van der Waals surface area contributed by atoms with Crippen LogP contribution in [0.25, 0.3) is 0 Å². The van der Waals surface area contributed by atoms with Gasteiger partial charge in [-0.15, -0.1) is 0 Å². The Balaban J connectivity index is 1.37. The van der Waals surface area contributed by atoms with Crippen LogP contribution in [0.4, 0.5) is 0 Å². The smallest absolute Gasteiger partial charge is 0.271 e. The summed E-state index contributed by atoms with van der Waals surface area (Å²) in [7, 11) is 0. The summed E-state index contributed by atoms with van der Waals surface area (Å²) in [6.45, 7) is 0.457. The number of ether oxygens (including phenoxy) is 2. The number of hydrogen-bond donors (Lipinski definition) is 2. The number of rotatable bonds is 8. The Morgan fingerprint density at radius 1 is 0.857 bits per heavy atom. The highest BCUT2D eigenvalue weighted by Gasteiger charge is 2.08. The van der Waals surface area contributed by atoms with Gasteiger partial charge < -0.3 is 14.6 Å².